The van der Waals surface area contributed by atoms with Crippen molar-refractivity contribution < 1.29 is 0 Å². The van der Waals surface area contributed by atoms with Crippen LogP contribution in [-0.4, -0.2) is 10.8 Å². The predicted molar refractivity (Wildman–Crippen MR) is 77.1 cm³/mol. The number of nitrogens with two attached hydrogens (primary N) is 2. The molecule has 2 rings (SSSR count). The summed E-state index contributed by atoms with van der Waals surface area (Å²) in [5.74, 6) is 6.17. The monoisotopic (exact) mass is 270 g/mol. The van der Waals surface area contributed by atoms with Crippen LogP contribution in [0.25, 0.3) is 0 Å². The molecule has 5 heteroatoms. The number of nitrogens with zero attached hydrogens (tertiary/aromatic N) is 1. The van der Waals surface area contributed by atoms with Crippen LogP contribution in [0.4, 0.5) is 5.82 Å². The first-order valence-corrected chi connectivity index (χ1v) is 5.82. The molecular weight excluding hydrogens is 260 g/mol. The Kier molecular flexibility index (Phi) is 3.69. The average molecular weight is 271 g/mol. The van der Waals surface area contributed by atoms with Crippen LogP contribution in [0, 0.1) is 17.3 Å². The van der Waals surface area contributed by atoms with Crippen LogP contribution < -0.4 is 11.5 Å². The van der Waals surface area contributed by atoms with E-state index in [-0.39, 0.29) is 5.84 Å². The van der Waals surface area contributed by atoms with Gasteiger partial charge < -0.3 is 11.5 Å². The van der Waals surface area contributed by atoms with Crippen molar-refractivity contribution in [1.29, 1.82) is 5.41 Å². The Hall–Kier alpha value is -2.51. The van der Waals surface area contributed by atoms with E-state index in [1.807, 2.05) is 0 Å². The van der Waals surface area contributed by atoms with E-state index in [9.17, 15) is 0 Å². The van der Waals surface area contributed by atoms with Crippen molar-refractivity contribution >= 4 is 23.3 Å². The zero-order valence-corrected chi connectivity index (χ0v) is 10.7. The molecule has 4 nitrogen and oxygen atoms in total. The number of aromatic nitrogens is 1. The van der Waals surface area contributed by atoms with Crippen molar-refractivity contribution in [3.8, 4) is 11.8 Å². The quantitative estimate of drug-likeness (QED) is 0.421. The summed E-state index contributed by atoms with van der Waals surface area (Å²) in [4.78, 5) is 3.94. The Morgan fingerprint density at radius 3 is 2.42 bits per heavy atom. The van der Waals surface area contributed by atoms with Gasteiger partial charge in [0, 0.05) is 17.3 Å². The first-order valence-electron chi connectivity index (χ1n) is 5.44. The van der Waals surface area contributed by atoms with E-state index >= 15 is 0 Å². The molecular formula is C14H11ClN4. The molecule has 0 radical (unpaired) electrons. The summed E-state index contributed by atoms with van der Waals surface area (Å²) in [6.45, 7) is 0. The van der Waals surface area contributed by atoms with Gasteiger partial charge in [0.1, 0.15) is 11.7 Å². The number of amidine groups is 1. The number of rotatable bonds is 1. The molecule has 5 N–H and O–H groups in total. The smallest absolute Gasteiger partial charge is 0.140 e. The van der Waals surface area contributed by atoms with E-state index in [2.05, 4.69) is 16.8 Å². The lowest BCUT2D eigenvalue weighted by atomic mass is 10.1. The number of nitrogens with one attached hydrogen (secondary N) is 1. The fourth-order valence-electron chi connectivity index (χ4n) is 1.44. The maximum absolute atomic E-state index is 7.30. The highest BCUT2D eigenvalue weighted by Gasteiger charge is 2.01. The summed E-state index contributed by atoms with van der Waals surface area (Å²) in [7, 11) is 0. The SMILES string of the molecule is N=C(N)c1ccc(C#Cc2c(Cl)ccnc2N)cc1. The normalized spacial score (nSPS) is 9.53. The third-order valence-corrected chi connectivity index (χ3v) is 2.77. The van der Waals surface area contributed by atoms with Gasteiger partial charge >= 0.3 is 0 Å². The van der Waals surface area contributed by atoms with Crippen LogP contribution >= 0.6 is 11.6 Å². The molecule has 0 fully saturated rings. The van der Waals surface area contributed by atoms with E-state index in [0.29, 0.717) is 22.0 Å². The molecule has 0 spiro atoms. The molecule has 2 aromatic rings. The second kappa shape index (κ2) is 5.42. The van der Waals surface area contributed by atoms with Crippen LogP contribution in [0.15, 0.2) is 36.5 Å². The second-order valence-corrected chi connectivity index (χ2v) is 4.20. The van der Waals surface area contributed by atoms with Crippen LogP contribution in [0.2, 0.25) is 5.02 Å². The molecule has 1 aromatic heterocycles. The molecule has 19 heavy (non-hydrogen) atoms. The lowest BCUT2D eigenvalue weighted by Gasteiger charge is -1.99. The van der Waals surface area contributed by atoms with Gasteiger partial charge in [0.15, 0.2) is 0 Å². The molecule has 0 saturated heterocycles. The number of hydrogen-bond acceptors (Lipinski definition) is 3. The third kappa shape index (κ3) is 3.03. The maximum atomic E-state index is 7.30. The Bertz CT molecular complexity index is 661. The standard InChI is InChI=1S/C14H11ClN4/c15-12-7-8-19-14(18)11(12)6-3-9-1-4-10(5-2-9)13(16)17/h1-2,4-5,7-8H,(H3,16,17)(H2,18,19). The fraction of sp³-hybridized carbons (Fsp3) is 0. The Morgan fingerprint density at radius 2 is 1.84 bits per heavy atom. The molecule has 0 aliphatic rings. The van der Waals surface area contributed by atoms with Gasteiger partial charge in [0.05, 0.1) is 10.6 Å². The topological polar surface area (TPSA) is 88.8 Å². The number of hydrogen-bond donors (Lipinski definition) is 3. The predicted octanol–water partition coefficient (Wildman–Crippen LogP) is 2.00. The van der Waals surface area contributed by atoms with Crippen molar-refractivity contribution in [3.05, 3.63) is 58.2 Å². The molecule has 94 valence electrons. The van der Waals surface area contributed by atoms with Gasteiger partial charge in [-0.25, -0.2) is 4.98 Å². The number of pyridine rings is 1. The van der Waals surface area contributed by atoms with Gasteiger partial charge in [-0.3, -0.25) is 5.41 Å². The Morgan fingerprint density at radius 1 is 1.16 bits per heavy atom. The average Bonchev–Trinajstić information content (AvgIpc) is 2.38. The third-order valence-electron chi connectivity index (χ3n) is 2.46. The van der Waals surface area contributed by atoms with Gasteiger partial charge in [-0.1, -0.05) is 35.6 Å². The van der Waals surface area contributed by atoms with Crippen molar-refractivity contribution in [2.75, 3.05) is 5.73 Å². The first kappa shape index (κ1) is 12.9. The van der Waals surface area contributed by atoms with E-state index in [1.54, 1.807) is 30.3 Å². The summed E-state index contributed by atoms with van der Waals surface area (Å²) < 4.78 is 0. The lowest BCUT2D eigenvalue weighted by molar-refractivity contribution is 1.32. The van der Waals surface area contributed by atoms with Gasteiger partial charge in [0.25, 0.3) is 0 Å². The Labute approximate surface area is 115 Å². The molecule has 0 atom stereocenters. The van der Waals surface area contributed by atoms with E-state index in [1.165, 1.54) is 6.20 Å². The van der Waals surface area contributed by atoms with E-state index < -0.39 is 0 Å². The van der Waals surface area contributed by atoms with Crippen LogP contribution in [-0.2, 0) is 0 Å². The van der Waals surface area contributed by atoms with Gasteiger partial charge in [-0.15, -0.1) is 0 Å². The Balaban J connectivity index is 2.32. The molecule has 1 heterocycles. The van der Waals surface area contributed by atoms with Crippen LogP contribution in [0.5, 0.6) is 0 Å². The molecule has 0 saturated carbocycles. The highest BCUT2D eigenvalue weighted by molar-refractivity contribution is 6.32. The number of halogens is 1. The largest absolute Gasteiger partial charge is 0.384 e. The maximum Gasteiger partial charge on any atom is 0.140 e. The molecule has 0 bridgehead atoms. The van der Waals surface area contributed by atoms with Crippen LogP contribution in [0.3, 0.4) is 0 Å². The van der Waals surface area contributed by atoms with E-state index in [4.69, 9.17) is 28.5 Å². The molecule has 0 amide bonds. The van der Waals surface area contributed by atoms with E-state index in [0.717, 1.165) is 5.56 Å². The van der Waals surface area contributed by atoms with Crippen LogP contribution in [0.1, 0.15) is 16.7 Å². The second-order valence-electron chi connectivity index (χ2n) is 3.79. The van der Waals surface area contributed by atoms with Gasteiger partial charge in [0.2, 0.25) is 0 Å². The first-order chi connectivity index (χ1) is 9.08. The highest BCUT2D eigenvalue weighted by atomic mass is 35.5. The number of nitrogen functional groups attached to an aromatic ring is 2. The fourth-order valence-corrected chi connectivity index (χ4v) is 1.65. The van der Waals surface area contributed by atoms with Crippen molar-refractivity contribution in [2.24, 2.45) is 5.73 Å². The molecule has 0 aliphatic carbocycles. The number of benzene rings is 1. The van der Waals surface area contributed by atoms with Gasteiger partial charge in [-0.2, -0.15) is 0 Å². The molecule has 0 aliphatic heterocycles. The lowest BCUT2D eigenvalue weighted by Crippen LogP contribution is -2.10. The molecule has 0 unspecified atom stereocenters. The summed E-state index contributed by atoms with van der Waals surface area (Å²) in [6.07, 6.45) is 1.53. The summed E-state index contributed by atoms with van der Waals surface area (Å²) in [6, 6.07) is 8.68. The minimum absolute atomic E-state index is 0.0269. The molecule has 1 aromatic carbocycles. The minimum Gasteiger partial charge on any atom is -0.384 e. The van der Waals surface area contributed by atoms with Crippen molar-refractivity contribution in [3.63, 3.8) is 0 Å². The van der Waals surface area contributed by atoms with Crippen molar-refractivity contribution in [1.82, 2.24) is 4.98 Å². The summed E-state index contributed by atoms with van der Waals surface area (Å²) in [5, 5.41) is 7.77. The van der Waals surface area contributed by atoms with Gasteiger partial charge in [-0.05, 0) is 18.2 Å². The van der Waals surface area contributed by atoms with Crippen molar-refractivity contribution in [2.45, 2.75) is 0 Å². The zero-order valence-electron chi connectivity index (χ0n) is 9.94. The summed E-state index contributed by atoms with van der Waals surface area (Å²) in [5.41, 5.74) is 13.0. The zero-order chi connectivity index (χ0) is 13.8. The highest BCUT2D eigenvalue weighted by Crippen LogP contribution is 2.18. The minimum atomic E-state index is 0.0269. The number of anilines is 1. The summed E-state index contributed by atoms with van der Waals surface area (Å²) >= 11 is 6.00.